The minimum absolute atomic E-state index is 0.0459. The lowest BCUT2D eigenvalue weighted by Crippen LogP contribution is -2.41. The summed E-state index contributed by atoms with van der Waals surface area (Å²) in [6, 6.07) is 11.2. The number of hydrogen-bond acceptors (Lipinski definition) is 6. The maximum absolute atomic E-state index is 14.2. The Balaban J connectivity index is 1.30. The molecule has 0 radical (unpaired) electrons. The molecule has 2 N–H and O–H groups in total. The first kappa shape index (κ1) is 30.3. The third-order valence-corrected chi connectivity index (χ3v) is 8.89. The van der Waals surface area contributed by atoms with Crippen LogP contribution in [0.5, 0.6) is 17.2 Å². The van der Waals surface area contributed by atoms with E-state index in [4.69, 9.17) is 18.9 Å². The van der Waals surface area contributed by atoms with E-state index in [1.807, 2.05) is 26.0 Å². The minimum Gasteiger partial charge on any atom is -0.492 e. The van der Waals surface area contributed by atoms with Crippen LogP contribution >= 0.6 is 0 Å². The van der Waals surface area contributed by atoms with Crippen molar-refractivity contribution in [3.63, 3.8) is 0 Å². The number of fused-ring (bicyclic) bond motifs is 2. The van der Waals surface area contributed by atoms with E-state index in [0.29, 0.717) is 67.3 Å². The standard InChI is InChI=1S/C34H35F3O7/c1-19-11-24(43-18-33(40)7-9-41-10-8-33)12-20(2)32(19)28-15-22(34(35,36)37)14-27-26(28)5-6-29(27)44-23-3-4-25-21(13-31(38)39)17-42-30(25)16-23/h3-4,11-12,14-16,21,29,40H,5-10,13,17-18H2,1-2H3,(H,38,39)/t21-,29-/m1/s1. The van der Waals surface area contributed by atoms with Gasteiger partial charge in [-0.25, -0.2) is 0 Å². The summed E-state index contributed by atoms with van der Waals surface area (Å²) in [5.74, 6) is 0.381. The van der Waals surface area contributed by atoms with Crippen LogP contribution in [0.25, 0.3) is 11.1 Å². The first-order chi connectivity index (χ1) is 20.9. The zero-order chi connectivity index (χ0) is 31.2. The Kier molecular flexibility index (Phi) is 8.00. The zero-order valence-corrected chi connectivity index (χ0v) is 24.6. The Morgan fingerprint density at radius 2 is 1.75 bits per heavy atom. The maximum atomic E-state index is 14.2. The number of ether oxygens (including phenoxy) is 4. The van der Waals surface area contributed by atoms with Crippen LogP contribution in [0.3, 0.4) is 0 Å². The molecule has 2 heterocycles. The molecule has 6 rings (SSSR count). The highest BCUT2D eigenvalue weighted by Crippen LogP contribution is 2.47. The molecular formula is C34H35F3O7. The summed E-state index contributed by atoms with van der Waals surface area (Å²) in [5, 5.41) is 20.0. The first-order valence-corrected chi connectivity index (χ1v) is 14.8. The molecule has 0 spiro atoms. The molecule has 1 saturated heterocycles. The van der Waals surface area contributed by atoms with E-state index in [9.17, 15) is 28.2 Å². The average molecular weight is 613 g/mol. The number of carboxylic acids is 1. The molecule has 2 aliphatic heterocycles. The number of alkyl halides is 3. The molecule has 7 nitrogen and oxygen atoms in total. The second-order valence-electron chi connectivity index (χ2n) is 12.1. The van der Waals surface area contributed by atoms with E-state index in [0.717, 1.165) is 27.8 Å². The van der Waals surface area contributed by atoms with E-state index in [2.05, 4.69) is 0 Å². The van der Waals surface area contributed by atoms with Crippen molar-refractivity contribution in [1.82, 2.24) is 0 Å². The van der Waals surface area contributed by atoms with Gasteiger partial charge in [0.1, 0.15) is 35.6 Å². The second kappa shape index (κ2) is 11.6. The molecule has 2 atom stereocenters. The number of benzene rings is 3. The smallest absolute Gasteiger partial charge is 0.416 e. The molecule has 3 aromatic rings. The fraction of sp³-hybridized carbons (Fsp3) is 0.441. The van der Waals surface area contributed by atoms with Gasteiger partial charge in [0.25, 0.3) is 0 Å². The number of halogens is 3. The number of aliphatic carboxylic acids is 1. The molecule has 0 saturated carbocycles. The van der Waals surface area contributed by atoms with Crippen LogP contribution in [-0.4, -0.2) is 48.2 Å². The van der Waals surface area contributed by atoms with Crippen molar-refractivity contribution in [2.45, 2.75) is 69.8 Å². The van der Waals surface area contributed by atoms with Crippen molar-refractivity contribution in [3.8, 4) is 28.4 Å². The average Bonchev–Trinajstić information content (AvgIpc) is 3.55. The first-order valence-electron chi connectivity index (χ1n) is 14.8. The molecule has 1 aliphatic carbocycles. The SMILES string of the molecule is Cc1cc(OCC2(O)CCOCC2)cc(C)c1-c1cc(C(F)(F)F)cc2c1CC[C@H]2Oc1ccc2c(c1)OC[C@H]2CC(=O)O. The molecule has 3 aromatic carbocycles. The van der Waals surface area contributed by atoms with Gasteiger partial charge in [-0.3, -0.25) is 4.79 Å². The highest BCUT2D eigenvalue weighted by Gasteiger charge is 2.37. The van der Waals surface area contributed by atoms with E-state index < -0.39 is 29.4 Å². The predicted molar refractivity (Wildman–Crippen MR) is 155 cm³/mol. The zero-order valence-electron chi connectivity index (χ0n) is 24.6. The van der Waals surface area contributed by atoms with Crippen molar-refractivity contribution in [1.29, 1.82) is 0 Å². The molecule has 3 aliphatic rings. The molecule has 44 heavy (non-hydrogen) atoms. The highest BCUT2D eigenvalue weighted by atomic mass is 19.4. The van der Waals surface area contributed by atoms with Crippen molar-refractivity contribution in [3.05, 3.63) is 75.8 Å². The molecule has 0 aromatic heterocycles. The van der Waals surface area contributed by atoms with Crippen molar-refractivity contribution >= 4 is 5.97 Å². The summed E-state index contributed by atoms with van der Waals surface area (Å²) in [6.45, 7) is 5.02. The lowest BCUT2D eigenvalue weighted by atomic mass is 9.88. The molecule has 1 fully saturated rings. The maximum Gasteiger partial charge on any atom is 0.416 e. The number of aryl methyl sites for hydroxylation is 2. The Labute approximate surface area is 253 Å². The quantitative estimate of drug-likeness (QED) is 0.285. The lowest BCUT2D eigenvalue weighted by molar-refractivity contribution is -0.138. The van der Waals surface area contributed by atoms with Gasteiger partial charge in [-0.2, -0.15) is 13.2 Å². The number of aliphatic hydroxyl groups is 1. The van der Waals surface area contributed by atoms with Crippen LogP contribution in [0.4, 0.5) is 13.2 Å². The lowest BCUT2D eigenvalue weighted by Gasteiger charge is -2.31. The van der Waals surface area contributed by atoms with E-state index in [1.54, 1.807) is 18.2 Å². The van der Waals surface area contributed by atoms with Gasteiger partial charge in [0, 0.05) is 43.6 Å². The van der Waals surface area contributed by atoms with Crippen LogP contribution in [0, 0.1) is 13.8 Å². The Morgan fingerprint density at radius 3 is 2.43 bits per heavy atom. The molecular weight excluding hydrogens is 577 g/mol. The molecule has 10 heteroatoms. The van der Waals surface area contributed by atoms with Gasteiger partial charge in [-0.05, 0) is 90.4 Å². The third-order valence-electron chi connectivity index (χ3n) is 8.89. The van der Waals surface area contributed by atoms with Crippen LogP contribution in [-0.2, 0) is 22.1 Å². The monoisotopic (exact) mass is 612 g/mol. The summed E-state index contributed by atoms with van der Waals surface area (Å²) in [7, 11) is 0. The molecule has 0 unspecified atom stereocenters. The Morgan fingerprint density at radius 1 is 1.02 bits per heavy atom. The minimum atomic E-state index is -4.55. The van der Waals surface area contributed by atoms with Gasteiger partial charge in [-0.15, -0.1) is 0 Å². The number of rotatable bonds is 8. The van der Waals surface area contributed by atoms with Crippen LogP contribution in [0.15, 0.2) is 42.5 Å². The van der Waals surface area contributed by atoms with Crippen molar-refractivity contribution in [2.24, 2.45) is 0 Å². The van der Waals surface area contributed by atoms with Crippen LogP contribution in [0.2, 0.25) is 0 Å². The van der Waals surface area contributed by atoms with Gasteiger partial charge >= 0.3 is 12.1 Å². The van der Waals surface area contributed by atoms with Crippen LogP contribution in [0.1, 0.15) is 71.1 Å². The van der Waals surface area contributed by atoms with Gasteiger partial charge in [-0.1, -0.05) is 6.07 Å². The predicted octanol–water partition coefficient (Wildman–Crippen LogP) is 6.93. The fourth-order valence-corrected chi connectivity index (χ4v) is 6.62. The summed E-state index contributed by atoms with van der Waals surface area (Å²) in [5.41, 5.74) is 3.19. The summed E-state index contributed by atoms with van der Waals surface area (Å²) < 4.78 is 65.9. The molecule has 0 amide bonds. The van der Waals surface area contributed by atoms with Gasteiger partial charge in [0.15, 0.2) is 0 Å². The fourth-order valence-electron chi connectivity index (χ4n) is 6.62. The Bertz CT molecular complexity index is 1550. The van der Waals surface area contributed by atoms with Gasteiger partial charge < -0.3 is 29.2 Å². The summed E-state index contributed by atoms with van der Waals surface area (Å²) in [6.07, 6.45) is -3.19. The number of carboxylic acid groups (broad SMARTS) is 1. The highest BCUT2D eigenvalue weighted by molar-refractivity contribution is 5.77. The second-order valence-corrected chi connectivity index (χ2v) is 12.1. The topological polar surface area (TPSA) is 94.5 Å². The Hall–Kier alpha value is -3.76. The summed E-state index contributed by atoms with van der Waals surface area (Å²) in [4.78, 5) is 11.2. The van der Waals surface area contributed by atoms with Crippen molar-refractivity contribution in [2.75, 3.05) is 26.4 Å². The number of hydrogen-bond donors (Lipinski definition) is 2. The molecule has 0 bridgehead atoms. The van der Waals surface area contributed by atoms with E-state index in [-0.39, 0.29) is 25.6 Å². The van der Waals surface area contributed by atoms with E-state index in [1.165, 1.54) is 12.1 Å². The molecule has 234 valence electrons. The van der Waals surface area contributed by atoms with E-state index >= 15 is 0 Å². The van der Waals surface area contributed by atoms with Gasteiger partial charge in [0.05, 0.1) is 18.6 Å². The number of carbonyl (C=O) groups is 1. The summed E-state index contributed by atoms with van der Waals surface area (Å²) >= 11 is 0. The third kappa shape index (κ3) is 6.10. The van der Waals surface area contributed by atoms with Crippen molar-refractivity contribution < 1.29 is 47.1 Å². The normalized spacial score (nSPS) is 20.5. The van der Waals surface area contributed by atoms with Crippen LogP contribution < -0.4 is 14.2 Å². The van der Waals surface area contributed by atoms with Gasteiger partial charge in [0.2, 0.25) is 0 Å². The largest absolute Gasteiger partial charge is 0.492 e.